The van der Waals surface area contributed by atoms with Crippen LogP contribution >= 0.6 is 0 Å². The third kappa shape index (κ3) is 5.03. The summed E-state index contributed by atoms with van der Waals surface area (Å²) in [5.41, 5.74) is 2.39. The minimum Gasteiger partial charge on any atom is -0.496 e. The lowest BCUT2D eigenvalue weighted by Gasteiger charge is -2.21. The lowest BCUT2D eigenvalue weighted by molar-refractivity contribution is -0.137. The van der Waals surface area contributed by atoms with Crippen molar-refractivity contribution < 1.29 is 23.8 Å². The number of hydrogen-bond acceptors (Lipinski definition) is 3. The summed E-state index contributed by atoms with van der Waals surface area (Å²) in [4.78, 5) is 25.6. The number of amides is 1. The molecule has 3 rings (SSSR count). The molecule has 6 heteroatoms. The first-order chi connectivity index (χ1) is 14.5. The van der Waals surface area contributed by atoms with Crippen LogP contribution in [0.15, 0.2) is 72.8 Å². The van der Waals surface area contributed by atoms with Gasteiger partial charge >= 0.3 is 5.97 Å². The fourth-order valence-electron chi connectivity index (χ4n) is 3.26. The highest BCUT2D eigenvalue weighted by molar-refractivity contribution is 5.97. The molecule has 3 aromatic rings. The maximum atomic E-state index is 13.9. The van der Waals surface area contributed by atoms with Crippen molar-refractivity contribution in [2.24, 2.45) is 0 Å². The van der Waals surface area contributed by atoms with E-state index < -0.39 is 18.4 Å². The molecule has 0 unspecified atom stereocenters. The highest BCUT2D eigenvalue weighted by atomic mass is 19.1. The standard InChI is InChI=1S/C24H22FNO4/c1-30-22-12-5-3-10-20(22)18-8-6-9-19(15-18)24(29)26(16-23(27)28)14-13-17-7-2-4-11-21(17)25/h2-12,15H,13-14,16H2,1H3,(H,27,28). The number of carbonyl (C=O) groups excluding carboxylic acids is 1. The van der Waals surface area contributed by atoms with Gasteiger partial charge in [0, 0.05) is 17.7 Å². The quantitative estimate of drug-likeness (QED) is 0.606. The number of hydrogen-bond donors (Lipinski definition) is 1. The maximum absolute atomic E-state index is 13.9. The summed E-state index contributed by atoms with van der Waals surface area (Å²) in [5.74, 6) is -1.26. The molecule has 0 spiro atoms. The van der Waals surface area contributed by atoms with E-state index in [1.54, 1.807) is 43.5 Å². The van der Waals surface area contributed by atoms with Gasteiger partial charge in [0.2, 0.25) is 0 Å². The van der Waals surface area contributed by atoms with Gasteiger partial charge in [0.1, 0.15) is 18.1 Å². The largest absolute Gasteiger partial charge is 0.496 e. The van der Waals surface area contributed by atoms with Crippen molar-refractivity contribution in [3.63, 3.8) is 0 Å². The van der Waals surface area contributed by atoms with Crippen LogP contribution < -0.4 is 4.74 Å². The minimum atomic E-state index is -1.13. The van der Waals surface area contributed by atoms with E-state index in [4.69, 9.17) is 4.74 Å². The molecule has 0 heterocycles. The number of rotatable bonds is 8. The van der Waals surface area contributed by atoms with Crippen LogP contribution in [0.4, 0.5) is 4.39 Å². The van der Waals surface area contributed by atoms with Crippen LogP contribution in [0, 0.1) is 5.82 Å². The van der Waals surface area contributed by atoms with E-state index in [9.17, 15) is 19.1 Å². The molecule has 0 aromatic heterocycles. The number of carboxylic acids is 1. The Kier molecular flexibility index (Phi) is 6.80. The Balaban J connectivity index is 1.85. The zero-order chi connectivity index (χ0) is 21.5. The number of halogens is 1. The van der Waals surface area contributed by atoms with E-state index in [0.717, 1.165) is 11.1 Å². The summed E-state index contributed by atoms with van der Waals surface area (Å²) in [7, 11) is 1.57. The number of methoxy groups -OCH3 is 1. The molecule has 0 saturated heterocycles. The SMILES string of the molecule is COc1ccccc1-c1cccc(C(=O)N(CCc2ccccc2F)CC(=O)O)c1. The number of benzene rings is 3. The Labute approximate surface area is 174 Å². The Morgan fingerprint density at radius 3 is 2.47 bits per heavy atom. The highest BCUT2D eigenvalue weighted by Gasteiger charge is 2.20. The molecule has 0 saturated carbocycles. The Morgan fingerprint density at radius 2 is 1.73 bits per heavy atom. The summed E-state index contributed by atoms with van der Waals surface area (Å²) in [6, 6.07) is 20.6. The third-order valence-electron chi connectivity index (χ3n) is 4.75. The highest BCUT2D eigenvalue weighted by Crippen LogP contribution is 2.30. The molecular weight excluding hydrogens is 385 g/mol. The van der Waals surface area contributed by atoms with E-state index in [-0.39, 0.29) is 18.8 Å². The molecule has 154 valence electrons. The van der Waals surface area contributed by atoms with Crippen LogP contribution in [0.2, 0.25) is 0 Å². The van der Waals surface area contributed by atoms with Gasteiger partial charge in [-0.2, -0.15) is 0 Å². The van der Waals surface area contributed by atoms with Crippen LogP contribution in [0.1, 0.15) is 15.9 Å². The molecule has 1 N–H and O–H groups in total. The zero-order valence-corrected chi connectivity index (χ0v) is 16.5. The first-order valence-corrected chi connectivity index (χ1v) is 9.47. The van der Waals surface area contributed by atoms with Gasteiger partial charge in [0.25, 0.3) is 5.91 Å². The normalized spacial score (nSPS) is 10.5. The van der Waals surface area contributed by atoms with E-state index in [1.165, 1.54) is 11.0 Å². The Morgan fingerprint density at radius 1 is 1.00 bits per heavy atom. The molecule has 0 aliphatic heterocycles. The molecule has 1 amide bonds. The number of nitrogens with zero attached hydrogens (tertiary/aromatic N) is 1. The minimum absolute atomic E-state index is 0.0882. The van der Waals surface area contributed by atoms with Crippen LogP contribution in [-0.4, -0.2) is 42.1 Å². The van der Waals surface area contributed by atoms with Crippen LogP contribution in [0.25, 0.3) is 11.1 Å². The van der Waals surface area contributed by atoms with E-state index in [0.29, 0.717) is 16.9 Å². The molecule has 0 radical (unpaired) electrons. The van der Waals surface area contributed by atoms with E-state index in [1.807, 2.05) is 30.3 Å². The molecule has 0 aliphatic rings. The summed E-state index contributed by atoms with van der Waals surface area (Å²) < 4.78 is 19.3. The van der Waals surface area contributed by atoms with Crippen molar-refractivity contribution in [2.45, 2.75) is 6.42 Å². The summed E-state index contributed by atoms with van der Waals surface area (Å²) >= 11 is 0. The molecule has 3 aromatic carbocycles. The zero-order valence-electron chi connectivity index (χ0n) is 16.5. The lowest BCUT2D eigenvalue weighted by atomic mass is 10.0. The Hall–Kier alpha value is -3.67. The van der Waals surface area contributed by atoms with Crippen molar-refractivity contribution in [2.75, 3.05) is 20.2 Å². The monoisotopic (exact) mass is 407 g/mol. The van der Waals surface area contributed by atoms with Gasteiger partial charge in [-0.15, -0.1) is 0 Å². The predicted octanol–water partition coefficient (Wildman–Crippen LogP) is 4.27. The molecule has 0 atom stereocenters. The molecule has 0 fully saturated rings. The van der Waals surface area contributed by atoms with Crippen molar-refractivity contribution in [1.82, 2.24) is 4.90 Å². The summed E-state index contributed by atoms with van der Waals surface area (Å²) in [6.07, 6.45) is 0.220. The van der Waals surface area contributed by atoms with Crippen molar-refractivity contribution in [1.29, 1.82) is 0 Å². The number of aliphatic carboxylic acids is 1. The topological polar surface area (TPSA) is 66.8 Å². The maximum Gasteiger partial charge on any atom is 0.323 e. The Bertz CT molecular complexity index is 1050. The van der Waals surface area contributed by atoms with Crippen molar-refractivity contribution in [3.05, 3.63) is 89.7 Å². The number of para-hydroxylation sites is 1. The molecule has 30 heavy (non-hydrogen) atoms. The second kappa shape index (κ2) is 9.69. The molecule has 0 aliphatic carbocycles. The number of carboxylic acid groups (broad SMARTS) is 1. The van der Waals surface area contributed by atoms with Gasteiger partial charge in [-0.3, -0.25) is 9.59 Å². The van der Waals surface area contributed by atoms with Gasteiger partial charge in [-0.25, -0.2) is 4.39 Å². The fraction of sp³-hybridized carbons (Fsp3) is 0.167. The van der Waals surface area contributed by atoms with E-state index >= 15 is 0 Å². The van der Waals surface area contributed by atoms with Crippen LogP contribution in [0.5, 0.6) is 5.75 Å². The summed E-state index contributed by atoms with van der Waals surface area (Å²) in [6.45, 7) is -0.378. The summed E-state index contributed by atoms with van der Waals surface area (Å²) in [5, 5.41) is 9.25. The number of ether oxygens (including phenoxy) is 1. The van der Waals surface area contributed by atoms with Crippen molar-refractivity contribution >= 4 is 11.9 Å². The smallest absolute Gasteiger partial charge is 0.323 e. The van der Waals surface area contributed by atoms with Gasteiger partial charge in [0.05, 0.1) is 7.11 Å². The fourth-order valence-corrected chi connectivity index (χ4v) is 3.26. The molecule has 5 nitrogen and oxygen atoms in total. The van der Waals surface area contributed by atoms with Gasteiger partial charge in [-0.1, -0.05) is 48.5 Å². The third-order valence-corrected chi connectivity index (χ3v) is 4.75. The second-order valence-corrected chi connectivity index (χ2v) is 6.74. The van der Waals surface area contributed by atoms with Crippen LogP contribution in [-0.2, 0) is 11.2 Å². The van der Waals surface area contributed by atoms with Gasteiger partial charge < -0.3 is 14.7 Å². The second-order valence-electron chi connectivity index (χ2n) is 6.74. The lowest BCUT2D eigenvalue weighted by Crippen LogP contribution is -2.37. The van der Waals surface area contributed by atoms with Crippen molar-refractivity contribution in [3.8, 4) is 16.9 Å². The van der Waals surface area contributed by atoms with Crippen LogP contribution in [0.3, 0.4) is 0 Å². The molecular formula is C24H22FNO4. The average molecular weight is 407 g/mol. The van der Waals surface area contributed by atoms with Gasteiger partial charge in [-0.05, 0) is 41.8 Å². The first-order valence-electron chi connectivity index (χ1n) is 9.47. The van der Waals surface area contributed by atoms with E-state index in [2.05, 4.69) is 0 Å². The first kappa shape index (κ1) is 21.0. The number of carbonyl (C=O) groups is 2. The van der Waals surface area contributed by atoms with Gasteiger partial charge in [0.15, 0.2) is 0 Å². The average Bonchev–Trinajstić information content (AvgIpc) is 2.77. The predicted molar refractivity (Wildman–Crippen MR) is 112 cm³/mol. The molecule has 0 bridgehead atoms.